The average Bonchev–Trinajstić information content (AvgIpc) is 3.00. The largest absolute Gasteiger partial charge is 0.478 e. The summed E-state index contributed by atoms with van der Waals surface area (Å²) in [5.41, 5.74) is 0.675. The Morgan fingerprint density at radius 2 is 1.06 bits per heavy atom. The van der Waals surface area contributed by atoms with Gasteiger partial charge in [0.05, 0.1) is 11.1 Å². The van der Waals surface area contributed by atoms with Crippen molar-refractivity contribution in [2.75, 3.05) is 10.6 Å². The number of anilines is 2. The molecule has 50 heavy (non-hydrogen) atoms. The summed E-state index contributed by atoms with van der Waals surface area (Å²) in [6.45, 7) is 16.9. The van der Waals surface area contributed by atoms with E-state index in [-0.39, 0.29) is 28.1 Å². The van der Waals surface area contributed by atoms with Gasteiger partial charge in [-0.05, 0) is 147 Å². The van der Waals surface area contributed by atoms with Crippen molar-refractivity contribution in [1.29, 1.82) is 0 Å². The second kappa shape index (κ2) is 13.6. The monoisotopic (exact) mass is 714 g/mol. The third-order valence-electron chi connectivity index (χ3n) is 11.1. The van der Waals surface area contributed by atoms with Gasteiger partial charge in [0.2, 0.25) is 0 Å². The van der Waals surface area contributed by atoms with Gasteiger partial charge in [-0.15, -0.1) is 0 Å². The van der Waals surface area contributed by atoms with Gasteiger partial charge in [0.15, 0.2) is 10.2 Å². The Morgan fingerprint density at radius 1 is 0.640 bits per heavy atom. The number of carboxylic acids is 2. The summed E-state index contributed by atoms with van der Waals surface area (Å²) in [6, 6.07) is 22.8. The van der Waals surface area contributed by atoms with E-state index in [1.54, 1.807) is 12.1 Å². The molecular weight excluding hydrogens is 665 g/mol. The van der Waals surface area contributed by atoms with Crippen LogP contribution in [0.4, 0.5) is 11.4 Å². The first-order valence-corrected chi connectivity index (χ1v) is 18.1. The van der Waals surface area contributed by atoms with Gasteiger partial charge in [0.1, 0.15) is 0 Å². The smallest absolute Gasteiger partial charge is 0.336 e. The van der Waals surface area contributed by atoms with Crippen LogP contribution in [0.3, 0.4) is 0 Å². The van der Waals surface area contributed by atoms with Crippen molar-refractivity contribution in [3.05, 3.63) is 95.1 Å². The molecule has 3 aromatic carbocycles. The number of carboxylic acid groups (broad SMARTS) is 2. The van der Waals surface area contributed by atoms with Crippen LogP contribution in [0.25, 0.3) is 0 Å². The van der Waals surface area contributed by atoms with Crippen LogP contribution < -0.4 is 10.6 Å². The van der Waals surface area contributed by atoms with Crippen molar-refractivity contribution in [1.82, 2.24) is 9.80 Å². The van der Waals surface area contributed by atoms with E-state index in [0.29, 0.717) is 40.6 Å². The molecule has 0 radical (unpaired) electrons. The van der Waals surface area contributed by atoms with E-state index in [4.69, 9.17) is 24.4 Å². The molecule has 0 bridgehead atoms. The summed E-state index contributed by atoms with van der Waals surface area (Å²) in [5, 5.41) is 29.6. The summed E-state index contributed by atoms with van der Waals surface area (Å²) in [4.78, 5) is 30.9. The third-order valence-corrected chi connectivity index (χ3v) is 11.6. The second-order valence-corrected chi connectivity index (χ2v) is 16.8. The van der Waals surface area contributed by atoms with Gasteiger partial charge in [-0.25, -0.2) is 9.59 Å². The number of piperidine rings is 2. The molecule has 2 heterocycles. The molecule has 5 rings (SSSR count). The fourth-order valence-electron chi connectivity index (χ4n) is 9.02. The molecule has 0 amide bonds. The van der Waals surface area contributed by atoms with Crippen molar-refractivity contribution in [3.63, 3.8) is 0 Å². The van der Waals surface area contributed by atoms with Gasteiger partial charge in [-0.2, -0.15) is 0 Å². The maximum absolute atomic E-state index is 13.6. The molecule has 266 valence electrons. The average molecular weight is 715 g/mol. The Bertz CT molecular complexity index is 1790. The summed E-state index contributed by atoms with van der Waals surface area (Å²) in [7, 11) is 0. The quantitative estimate of drug-likeness (QED) is 0.185. The highest BCUT2D eigenvalue weighted by Crippen LogP contribution is 2.53. The van der Waals surface area contributed by atoms with Crippen molar-refractivity contribution >= 4 is 58.0 Å². The van der Waals surface area contributed by atoms with Gasteiger partial charge in [0, 0.05) is 45.4 Å². The van der Waals surface area contributed by atoms with E-state index in [9.17, 15) is 19.8 Å². The number of likely N-dealkylation sites (tertiary alicyclic amines) is 2. The molecule has 0 saturated carbocycles. The van der Waals surface area contributed by atoms with Crippen LogP contribution >= 0.6 is 24.4 Å². The Balaban J connectivity index is 1.63. The molecule has 2 fully saturated rings. The standard InChI is InChI=1S/C40H50N4O4S2/c1-37(2)23-21-29(39(5,6)43(37)35(49)41-25-15-11-9-12-16-25)27-19-20-28(33(45)46)31(32(27)34(47)48)30-22-24-38(3,4)44(40(30,7)8)36(50)42-26-17-13-10-14-18-26/h9-20,29-30H,21-24H2,1-8H3,(H,41,49)(H,42,50)(H,45,46)(H,47,48). The topological polar surface area (TPSA) is 105 Å². The molecule has 0 spiro atoms. The number of nitrogens with zero attached hydrogens (tertiary/aromatic N) is 2. The summed E-state index contributed by atoms with van der Waals surface area (Å²) < 4.78 is 0. The third kappa shape index (κ3) is 6.84. The summed E-state index contributed by atoms with van der Waals surface area (Å²) >= 11 is 12.1. The number of nitrogens with one attached hydrogen (secondary N) is 2. The summed E-state index contributed by atoms with van der Waals surface area (Å²) in [6.07, 6.45) is 2.72. The zero-order chi connectivity index (χ0) is 36.8. The molecule has 2 atom stereocenters. The molecule has 2 unspecified atom stereocenters. The highest BCUT2D eigenvalue weighted by atomic mass is 32.1. The molecular formula is C40H50N4O4S2. The van der Waals surface area contributed by atoms with E-state index in [2.05, 4.69) is 62.0 Å². The van der Waals surface area contributed by atoms with E-state index in [1.807, 2.05) is 74.5 Å². The number of aromatic carboxylic acids is 2. The number of rotatable bonds is 6. The molecule has 2 aliphatic rings. The number of benzene rings is 3. The van der Waals surface area contributed by atoms with Crippen molar-refractivity contribution < 1.29 is 19.8 Å². The lowest BCUT2D eigenvalue weighted by Crippen LogP contribution is -2.65. The first-order valence-electron chi connectivity index (χ1n) is 17.3. The zero-order valence-corrected chi connectivity index (χ0v) is 32.0. The number of hydrogen-bond donors (Lipinski definition) is 4. The minimum atomic E-state index is -1.15. The Kier molecular flexibility index (Phi) is 10.1. The first kappa shape index (κ1) is 37.2. The number of carbonyl (C=O) groups is 2. The molecule has 10 heteroatoms. The molecule has 3 aromatic rings. The predicted molar refractivity (Wildman–Crippen MR) is 210 cm³/mol. The Hall–Kier alpha value is -4.02. The molecule has 0 aromatic heterocycles. The van der Waals surface area contributed by atoms with E-state index in [1.165, 1.54) is 0 Å². The fourth-order valence-corrected chi connectivity index (χ4v) is 10.2. The predicted octanol–water partition coefficient (Wildman–Crippen LogP) is 9.35. The van der Waals surface area contributed by atoms with Crippen molar-refractivity contribution in [2.24, 2.45) is 0 Å². The number of thiocarbonyl (C=S) groups is 2. The Morgan fingerprint density at radius 3 is 1.48 bits per heavy atom. The molecule has 8 nitrogen and oxygen atoms in total. The second-order valence-electron chi connectivity index (χ2n) is 16.0. The number of para-hydroxylation sites is 2. The van der Waals surface area contributed by atoms with E-state index < -0.39 is 28.9 Å². The fraction of sp³-hybridized carbons (Fsp3) is 0.450. The maximum atomic E-state index is 13.6. The lowest BCUT2D eigenvalue weighted by Gasteiger charge is -2.59. The number of hydrogen-bond acceptors (Lipinski definition) is 4. The lowest BCUT2D eigenvalue weighted by molar-refractivity contribution is 0.0218. The highest BCUT2D eigenvalue weighted by Gasteiger charge is 2.53. The highest BCUT2D eigenvalue weighted by molar-refractivity contribution is 7.80. The molecule has 0 aliphatic carbocycles. The van der Waals surface area contributed by atoms with Gasteiger partial charge in [0.25, 0.3) is 0 Å². The van der Waals surface area contributed by atoms with Crippen LogP contribution in [0.2, 0.25) is 0 Å². The van der Waals surface area contributed by atoms with Crippen LogP contribution in [-0.4, -0.2) is 64.3 Å². The van der Waals surface area contributed by atoms with Gasteiger partial charge >= 0.3 is 11.9 Å². The zero-order valence-electron chi connectivity index (χ0n) is 30.3. The SMILES string of the molecule is CC1(C)CCC(c2ccc(C(=O)O)c(C3CCC(C)(C)N(C(=S)Nc4ccccc4)C3(C)C)c2C(=O)O)C(C)(C)N1C(=S)Nc1ccccc1. The van der Waals surface area contributed by atoms with Gasteiger partial charge < -0.3 is 30.6 Å². The molecule has 2 aliphatic heterocycles. The van der Waals surface area contributed by atoms with Crippen LogP contribution in [-0.2, 0) is 0 Å². The minimum Gasteiger partial charge on any atom is -0.478 e. The van der Waals surface area contributed by atoms with E-state index >= 15 is 0 Å². The van der Waals surface area contributed by atoms with Crippen LogP contribution in [0.1, 0.15) is 125 Å². The van der Waals surface area contributed by atoms with Crippen LogP contribution in [0, 0.1) is 0 Å². The van der Waals surface area contributed by atoms with Crippen LogP contribution in [0.5, 0.6) is 0 Å². The molecule has 2 saturated heterocycles. The van der Waals surface area contributed by atoms with Gasteiger partial charge in [-0.3, -0.25) is 0 Å². The van der Waals surface area contributed by atoms with Crippen molar-refractivity contribution in [2.45, 2.75) is 115 Å². The normalized spacial score (nSPS) is 21.9. The first-order chi connectivity index (χ1) is 23.3. The maximum Gasteiger partial charge on any atom is 0.336 e. The van der Waals surface area contributed by atoms with Crippen LogP contribution in [0.15, 0.2) is 72.8 Å². The summed E-state index contributed by atoms with van der Waals surface area (Å²) in [5.74, 6) is -3.00. The lowest BCUT2D eigenvalue weighted by atomic mass is 9.64. The minimum absolute atomic E-state index is 0.0119. The van der Waals surface area contributed by atoms with Crippen molar-refractivity contribution in [3.8, 4) is 0 Å². The van der Waals surface area contributed by atoms with Gasteiger partial charge in [-0.1, -0.05) is 42.5 Å². The Labute approximate surface area is 307 Å². The molecule has 4 N–H and O–H groups in total. The van der Waals surface area contributed by atoms with E-state index in [0.717, 1.165) is 17.8 Å².